The maximum atomic E-state index is 14.0. The summed E-state index contributed by atoms with van der Waals surface area (Å²) in [5, 5.41) is 1.000. The van der Waals surface area contributed by atoms with Crippen LogP contribution in [-0.4, -0.2) is 23.2 Å². The molecule has 0 unspecified atom stereocenters. The van der Waals surface area contributed by atoms with E-state index in [1.807, 2.05) is 19.1 Å². The van der Waals surface area contributed by atoms with Crippen LogP contribution in [0.5, 0.6) is 0 Å². The molecule has 5 heteroatoms. The number of benzene rings is 1. The lowest BCUT2D eigenvalue weighted by Crippen LogP contribution is -2.20. The topological polar surface area (TPSA) is 15.6 Å². The second kappa shape index (κ2) is 4.14. The molecule has 2 aliphatic heterocycles. The second-order valence-corrected chi connectivity index (χ2v) is 6.04. The SMILES string of the molecule is CC1=C(c2ccc(Br)cc2F)N2CCN=C2S1. The first kappa shape index (κ1) is 11.3. The van der Waals surface area contributed by atoms with Gasteiger partial charge in [0.25, 0.3) is 0 Å². The summed E-state index contributed by atoms with van der Waals surface area (Å²) in [6, 6.07) is 5.19. The Labute approximate surface area is 112 Å². The van der Waals surface area contributed by atoms with E-state index in [0.29, 0.717) is 5.56 Å². The molecule has 0 aromatic heterocycles. The molecule has 0 spiro atoms. The molecule has 0 bridgehead atoms. The van der Waals surface area contributed by atoms with Crippen LogP contribution in [0, 0.1) is 5.82 Å². The molecule has 0 N–H and O–H groups in total. The quantitative estimate of drug-likeness (QED) is 0.786. The van der Waals surface area contributed by atoms with Crippen molar-refractivity contribution in [1.82, 2.24) is 4.90 Å². The zero-order valence-corrected chi connectivity index (χ0v) is 11.6. The molecule has 88 valence electrons. The van der Waals surface area contributed by atoms with Crippen LogP contribution in [-0.2, 0) is 0 Å². The molecule has 0 radical (unpaired) electrons. The molecular weight excluding hydrogens is 303 g/mol. The van der Waals surface area contributed by atoms with Crippen LogP contribution in [0.4, 0.5) is 4.39 Å². The average molecular weight is 313 g/mol. The first-order chi connectivity index (χ1) is 8.16. The molecule has 0 aliphatic carbocycles. The molecule has 1 aromatic rings. The number of hydrogen-bond donors (Lipinski definition) is 0. The number of allylic oxidation sites excluding steroid dienone is 1. The molecule has 0 amide bonds. The van der Waals surface area contributed by atoms with Crippen molar-refractivity contribution in [3.05, 3.63) is 39.0 Å². The van der Waals surface area contributed by atoms with Gasteiger partial charge in [-0.15, -0.1) is 0 Å². The van der Waals surface area contributed by atoms with Gasteiger partial charge in [0.1, 0.15) is 5.82 Å². The summed E-state index contributed by atoms with van der Waals surface area (Å²) in [4.78, 5) is 7.62. The van der Waals surface area contributed by atoms with Gasteiger partial charge in [-0.2, -0.15) is 0 Å². The van der Waals surface area contributed by atoms with Crippen molar-refractivity contribution < 1.29 is 4.39 Å². The fraction of sp³-hybridized carbons (Fsp3) is 0.250. The Morgan fingerprint density at radius 3 is 3.06 bits per heavy atom. The Kier molecular flexibility index (Phi) is 2.75. The fourth-order valence-electron chi connectivity index (χ4n) is 2.11. The summed E-state index contributed by atoms with van der Waals surface area (Å²) in [5.41, 5.74) is 1.63. The van der Waals surface area contributed by atoms with E-state index in [0.717, 1.165) is 33.3 Å². The maximum absolute atomic E-state index is 14.0. The number of aliphatic imine (C=N–C) groups is 1. The van der Waals surface area contributed by atoms with Gasteiger partial charge < -0.3 is 4.90 Å². The minimum Gasteiger partial charge on any atom is -0.318 e. The van der Waals surface area contributed by atoms with Crippen molar-refractivity contribution in [1.29, 1.82) is 0 Å². The summed E-state index contributed by atoms with van der Waals surface area (Å²) in [6.07, 6.45) is 0. The zero-order valence-electron chi connectivity index (χ0n) is 9.20. The van der Waals surface area contributed by atoms with E-state index in [-0.39, 0.29) is 5.82 Å². The highest BCUT2D eigenvalue weighted by Gasteiger charge is 2.32. The van der Waals surface area contributed by atoms with Gasteiger partial charge in [-0.1, -0.05) is 27.7 Å². The molecule has 2 nitrogen and oxygen atoms in total. The minimum absolute atomic E-state index is 0.192. The van der Waals surface area contributed by atoms with Crippen LogP contribution in [0.25, 0.3) is 5.70 Å². The van der Waals surface area contributed by atoms with Crippen molar-refractivity contribution in [2.24, 2.45) is 4.99 Å². The van der Waals surface area contributed by atoms with Gasteiger partial charge in [-0.25, -0.2) is 4.39 Å². The third kappa shape index (κ3) is 1.81. The lowest BCUT2D eigenvalue weighted by Gasteiger charge is -2.17. The van der Waals surface area contributed by atoms with Gasteiger partial charge in [0, 0.05) is 21.5 Å². The van der Waals surface area contributed by atoms with Crippen LogP contribution >= 0.6 is 27.7 Å². The molecule has 2 aliphatic rings. The fourth-order valence-corrected chi connectivity index (χ4v) is 3.49. The van der Waals surface area contributed by atoms with Crippen molar-refractivity contribution in [2.45, 2.75) is 6.92 Å². The molecule has 3 rings (SSSR count). The van der Waals surface area contributed by atoms with Crippen molar-refractivity contribution in [2.75, 3.05) is 13.1 Å². The summed E-state index contributed by atoms with van der Waals surface area (Å²) in [7, 11) is 0. The molecule has 0 atom stereocenters. The van der Waals surface area contributed by atoms with Crippen molar-refractivity contribution >= 4 is 38.6 Å². The summed E-state index contributed by atoms with van der Waals surface area (Å²) >= 11 is 4.91. The van der Waals surface area contributed by atoms with E-state index in [1.165, 1.54) is 6.07 Å². The molecule has 2 heterocycles. The monoisotopic (exact) mass is 312 g/mol. The number of thioether (sulfide) groups is 1. The second-order valence-electron chi connectivity index (χ2n) is 3.95. The van der Waals surface area contributed by atoms with E-state index >= 15 is 0 Å². The van der Waals surface area contributed by atoms with Gasteiger partial charge in [-0.3, -0.25) is 4.99 Å². The highest BCUT2D eigenvalue weighted by molar-refractivity contribution is 9.10. The highest BCUT2D eigenvalue weighted by atomic mass is 79.9. The molecule has 0 saturated carbocycles. The van der Waals surface area contributed by atoms with Gasteiger partial charge in [0.15, 0.2) is 5.17 Å². The number of fused-ring (bicyclic) bond motifs is 1. The zero-order chi connectivity index (χ0) is 12.0. The highest BCUT2D eigenvalue weighted by Crippen LogP contribution is 2.42. The van der Waals surface area contributed by atoms with Crippen LogP contribution in [0.15, 0.2) is 32.6 Å². The number of nitrogens with zero attached hydrogens (tertiary/aromatic N) is 2. The Morgan fingerprint density at radius 1 is 1.47 bits per heavy atom. The number of hydrogen-bond acceptors (Lipinski definition) is 3. The van der Waals surface area contributed by atoms with E-state index in [2.05, 4.69) is 25.8 Å². The van der Waals surface area contributed by atoms with Crippen LogP contribution in [0.2, 0.25) is 0 Å². The molecular formula is C12H10BrFN2S. The van der Waals surface area contributed by atoms with Gasteiger partial charge in [-0.05, 0) is 25.1 Å². The number of halogens is 2. The summed E-state index contributed by atoms with van der Waals surface area (Å²) < 4.78 is 14.8. The smallest absolute Gasteiger partial charge is 0.168 e. The Morgan fingerprint density at radius 2 is 2.29 bits per heavy atom. The van der Waals surface area contributed by atoms with Crippen molar-refractivity contribution in [3.8, 4) is 0 Å². The Balaban J connectivity index is 2.09. The van der Waals surface area contributed by atoms with E-state index in [9.17, 15) is 4.39 Å². The third-order valence-electron chi connectivity index (χ3n) is 2.84. The average Bonchev–Trinajstić information content (AvgIpc) is 2.79. The summed E-state index contributed by atoms with van der Waals surface area (Å²) in [6.45, 7) is 3.67. The lowest BCUT2D eigenvalue weighted by atomic mass is 10.1. The normalized spacial score (nSPS) is 18.8. The lowest BCUT2D eigenvalue weighted by molar-refractivity contribution is 0.602. The van der Waals surface area contributed by atoms with E-state index < -0.39 is 0 Å². The maximum Gasteiger partial charge on any atom is 0.168 e. The van der Waals surface area contributed by atoms with Gasteiger partial charge in [0.2, 0.25) is 0 Å². The van der Waals surface area contributed by atoms with E-state index in [1.54, 1.807) is 11.8 Å². The van der Waals surface area contributed by atoms with E-state index in [4.69, 9.17) is 0 Å². The van der Waals surface area contributed by atoms with Gasteiger partial charge >= 0.3 is 0 Å². The predicted octanol–water partition coefficient (Wildman–Crippen LogP) is 3.70. The minimum atomic E-state index is -0.192. The predicted molar refractivity (Wildman–Crippen MR) is 73.3 cm³/mol. The largest absolute Gasteiger partial charge is 0.318 e. The summed E-state index contributed by atoms with van der Waals surface area (Å²) in [5.74, 6) is -0.192. The number of rotatable bonds is 1. The van der Waals surface area contributed by atoms with Crippen molar-refractivity contribution in [3.63, 3.8) is 0 Å². The molecule has 0 fully saturated rings. The van der Waals surface area contributed by atoms with Crippen LogP contribution < -0.4 is 0 Å². The Bertz CT molecular complexity index is 553. The van der Waals surface area contributed by atoms with Crippen LogP contribution in [0.1, 0.15) is 12.5 Å². The molecule has 1 aromatic carbocycles. The first-order valence-electron chi connectivity index (χ1n) is 5.33. The third-order valence-corrected chi connectivity index (χ3v) is 4.36. The molecule has 17 heavy (non-hydrogen) atoms. The first-order valence-corrected chi connectivity index (χ1v) is 6.94. The van der Waals surface area contributed by atoms with Gasteiger partial charge in [0.05, 0.1) is 12.2 Å². The van der Waals surface area contributed by atoms with Crippen LogP contribution in [0.3, 0.4) is 0 Å². The Hall–Kier alpha value is -0.810. The standard InChI is InChI=1S/C12H10BrFN2S/c1-7-11(16-5-4-15-12(16)17-7)9-3-2-8(13)6-10(9)14/h2-3,6H,4-5H2,1H3. The number of amidine groups is 1. The molecule has 0 saturated heterocycles.